The standard InChI is InChI=1S/C8H19N3O3S/c1-3-6(2)7(9)8(12)11-4-5-15(10,13)14/h6-7H,3-5,9H2,1-2H3,(H,11,12)(H2,10,13,14)/t6?,7-/m0/s1. The Morgan fingerprint density at radius 3 is 2.40 bits per heavy atom. The van der Waals surface area contributed by atoms with Crippen molar-refractivity contribution in [2.45, 2.75) is 26.3 Å². The fraction of sp³-hybridized carbons (Fsp3) is 0.875. The molecule has 15 heavy (non-hydrogen) atoms. The summed E-state index contributed by atoms with van der Waals surface area (Å²) >= 11 is 0. The topological polar surface area (TPSA) is 115 Å². The second-order valence-corrected chi connectivity index (χ2v) is 5.30. The van der Waals surface area contributed by atoms with E-state index in [9.17, 15) is 13.2 Å². The van der Waals surface area contributed by atoms with E-state index in [4.69, 9.17) is 10.9 Å². The summed E-state index contributed by atoms with van der Waals surface area (Å²) in [6.45, 7) is 3.80. The van der Waals surface area contributed by atoms with E-state index in [0.717, 1.165) is 6.42 Å². The fourth-order valence-electron chi connectivity index (χ4n) is 0.947. The Morgan fingerprint density at radius 1 is 1.47 bits per heavy atom. The van der Waals surface area contributed by atoms with E-state index >= 15 is 0 Å². The van der Waals surface area contributed by atoms with Gasteiger partial charge in [0, 0.05) is 6.54 Å². The van der Waals surface area contributed by atoms with Crippen molar-refractivity contribution >= 4 is 15.9 Å². The van der Waals surface area contributed by atoms with Gasteiger partial charge < -0.3 is 11.1 Å². The van der Waals surface area contributed by atoms with E-state index in [1.807, 2.05) is 13.8 Å². The monoisotopic (exact) mass is 237 g/mol. The Hall–Kier alpha value is -0.660. The molecule has 6 nitrogen and oxygen atoms in total. The Morgan fingerprint density at radius 2 is 2.00 bits per heavy atom. The second-order valence-electron chi connectivity index (χ2n) is 3.57. The number of carbonyl (C=O) groups is 1. The third-order valence-corrected chi connectivity index (χ3v) is 3.02. The van der Waals surface area contributed by atoms with Crippen molar-refractivity contribution in [1.29, 1.82) is 0 Å². The van der Waals surface area contributed by atoms with Crippen LogP contribution in [0.2, 0.25) is 0 Å². The summed E-state index contributed by atoms with van der Waals surface area (Å²) in [5.41, 5.74) is 5.63. The Labute approximate surface area is 90.4 Å². The number of primary sulfonamides is 1. The van der Waals surface area contributed by atoms with Gasteiger partial charge >= 0.3 is 0 Å². The summed E-state index contributed by atoms with van der Waals surface area (Å²) in [4.78, 5) is 11.4. The maximum absolute atomic E-state index is 11.4. The predicted molar refractivity (Wildman–Crippen MR) is 58.4 cm³/mol. The third kappa shape index (κ3) is 6.43. The van der Waals surface area contributed by atoms with Gasteiger partial charge in [0.2, 0.25) is 15.9 Å². The molecule has 0 aromatic heterocycles. The Bertz CT molecular complexity index is 302. The van der Waals surface area contributed by atoms with Crippen molar-refractivity contribution < 1.29 is 13.2 Å². The van der Waals surface area contributed by atoms with Crippen LogP contribution in [0.5, 0.6) is 0 Å². The smallest absolute Gasteiger partial charge is 0.237 e. The molecular weight excluding hydrogens is 218 g/mol. The van der Waals surface area contributed by atoms with Gasteiger partial charge in [-0.05, 0) is 5.92 Å². The molecule has 5 N–H and O–H groups in total. The van der Waals surface area contributed by atoms with Crippen molar-refractivity contribution in [3.63, 3.8) is 0 Å². The van der Waals surface area contributed by atoms with Crippen molar-refractivity contribution in [3.05, 3.63) is 0 Å². The van der Waals surface area contributed by atoms with Crippen LogP contribution in [0.4, 0.5) is 0 Å². The minimum atomic E-state index is -3.53. The molecule has 1 amide bonds. The normalized spacial score (nSPS) is 15.7. The van der Waals surface area contributed by atoms with Crippen LogP contribution in [0, 0.1) is 5.92 Å². The number of rotatable bonds is 6. The lowest BCUT2D eigenvalue weighted by atomic mass is 9.99. The molecule has 0 radical (unpaired) electrons. The molecule has 7 heteroatoms. The number of sulfonamides is 1. The second kappa shape index (κ2) is 6.04. The summed E-state index contributed by atoms with van der Waals surface area (Å²) in [5.74, 6) is -0.543. The van der Waals surface area contributed by atoms with Crippen LogP contribution in [0.1, 0.15) is 20.3 Å². The summed E-state index contributed by atoms with van der Waals surface area (Å²) in [6, 6.07) is -0.601. The highest BCUT2D eigenvalue weighted by Crippen LogP contribution is 2.04. The van der Waals surface area contributed by atoms with Gasteiger partial charge in [0.25, 0.3) is 0 Å². The molecule has 0 fully saturated rings. The molecule has 0 aromatic rings. The maximum atomic E-state index is 11.4. The number of hydrogen-bond donors (Lipinski definition) is 3. The van der Waals surface area contributed by atoms with Gasteiger partial charge in [-0.15, -0.1) is 0 Å². The first-order chi connectivity index (χ1) is 6.78. The summed E-state index contributed by atoms with van der Waals surface area (Å²) in [7, 11) is -3.53. The van der Waals surface area contributed by atoms with Gasteiger partial charge in [-0.1, -0.05) is 20.3 Å². The summed E-state index contributed by atoms with van der Waals surface area (Å²) in [5, 5.41) is 7.20. The zero-order valence-electron chi connectivity index (χ0n) is 9.06. The molecule has 2 atom stereocenters. The minimum absolute atomic E-state index is 0.00179. The lowest BCUT2D eigenvalue weighted by Gasteiger charge is -2.17. The lowest BCUT2D eigenvalue weighted by molar-refractivity contribution is -0.123. The predicted octanol–water partition coefficient (Wildman–Crippen LogP) is -1.24. The molecule has 0 bridgehead atoms. The Kier molecular flexibility index (Phi) is 5.77. The number of hydrogen-bond acceptors (Lipinski definition) is 4. The van der Waals surface area contributed by atoms with Crippen LogP contribution < -0.4 is 16.2 Å². The van der Waals surface area contributed by atoms with E-state index in [1.165, 1.54) is 0 Å². The van der Waals surface area contributed by atoms with Crippen LogP contribution >= 0.6 is 0 Å². The van der Waals surface area contributed by atoms with Crippen LogP contribution in [-0.2, 0) is 14.8 Å². The molecule has 0 heterocycles. The van der Waals surface area contributed by atoms with E-state index in [1.54, 1.807) is 0 Å². The van der Waals surface area contributed by atoms with Crippen LogP contribution in [0.15, 0.2) is 0 Å². The first kappa shape index (κ1) is 14.3. The summed E-state index contributed by atoms with van der Waals surface area (Å²) in [6.07, 6.45) is 0.795. The van der Waals surface area contributed by atoms with Gasteiger partial charge in [0.15, 0.2) is 0 Å². The van der Waals surface area contributed by atoms with E-state index < -0.39 is 16.1 Å². The van der Waals surface area contributed by atoms with Gasteiger partial charge in [-0.3, -0.25) is 4.79 Å². The molecule has 0 aromatic carbocycles. The van der Waals surface area contributed by atoms with Crippen LogP contribution in [0.25, 0.3) is 0 Å². The highest BCUT2D eigenvalue weighted by atomic mass is 32.2. The average Bonchev–Trinajstić information content (AvgIpc) is 2.13. The van der Waals surface area contributed by atoms with Gasteiger partial charge in [-0.2, -0.15) is 0 Å². The molecule has 90 valence electrons. The van der Waals surface area contributed by atoms with E-state index in [-0.39, 0.29) is 24.1 Å². The molecule has 0 aliphatic rings. The lowest BCUT2D eigenvalue weighted by Crippen LogP contribution is -2.46. The highest BCUT2D eigenvalue weighted by Gasteiger charge is 2.19. The molecule has 0 saturated heterocycles. The summed E-state index contributed by atoms with van der Waals surface area (Å²) < 4.78 is 21.1. The number of nitrogens with one attached hydrogen (secondary N) is 1. The minimum Gasteiger partial charge on any atom is -0.354 e. The third-order valence-electron chi connectivity index (χ3n) is 2.25. The largest absolute Gasteiger partial charge is 0.354 e. The highest BCUT2D eigenvalue weighted by molar-refractivity contribution is 7.89. The molecule has 0 saturated carbocycles. The van der Waals surface area contributed by atoms with Crippen molar-refractivity contribution in [3.8, 4) is 0 Å². The van der Waals surface area contributed by atoms with Gasteiger partial charge in [0.1, 0.15) is 0 Å². The first-order valence-electron chi connectivity index (χ1n) is 4.81. The number of amides is 1. The Balaban J connectivity index is 3.94. The van der Waals surface area contributed by atoms with Crippen LogP contribution in [-0.4, -0.2) is 32.7 Å². The van der Waals surface area contributed by atoms with Gasteiger partial charge in [0.05, 0.1) is 11.8 Å². The van der Waals surface area contributed by atoms with Gasteiger partial charge in [-0.25, -0.2) is 13.6 Å². The van der Waals surface area contributed by atoms with Crippen LogP contribution in [0.3, 0.4) is 0 Å². The SMILES string of the molecule is CCC(C)[C@H](N)C(=O)NCCS(N)(=O)=O. The molecule has 0 spiro atoms. The maximum Gasteiger partial charge on any atom is 0.237 e. The quantitative estimate of drug-likeness (QED) is 0.536. The number of nitrogens with two attached hydrogens (primary N) is 2. The average molecular weight is 237 g/mol. The van der Waals surface area contributed by atoms with E-state index in [2.05, 4.69) is 5.32 Å². The van der Waals surface area contributed by atoms with Crippen molar-refractivity contribution in [2.24, 2.45) is 16.8 Å². The van der Waals surface area contributed by atoms with Crippen molar-refractivity contribution in [2.75, 3.05) is 12.3 Å². The van der Waals surface area contributed by atoms with Crippen molar-refractivity contribution in [1.82, 2.24) is 5.32 Å². The fourth-order valence-corrected chi connectivity index (χ4v) is 1.33. The molecule has 0 aliphatic heterocycles. The zero-order valence-corrected chi connectivity index (χ0v) is 9.88. The first-order valence-corrected chi connectivity index (χ1v) is 6.53. The zero-order chi connectivity index (χ0) is 12.1. The van der Waals surface area contributed by atoms with E-state index in [0.29, 0.717) is 0 Å². The molecule has 0 rings (SSSR count). The molecule has 1 unspecified atom stereocenters. The molecule has 0 aliphatic carbocycles. The number of carbonyl (C=O) groups excluding carboxylic acids is 1. The molecular formula is C8H19N3O3S.